The van der Waals surface area contributed by atoms with E-state index in [0.29, 0.717) is 30.0 Å². The molecule has 0 saturated carbocycles. The zero-order chi connectivity index (χ0) is 18.1. The van der Waals surface area contributed by atoms with Crippen molar-refractivity contribution < 1.29 is 23.8 Å². The first-order valence-electron chi connectivity index (χ1n) is 8.10. The van der Waals surface area contributed by atoms with Crippen molar-refractivity contribution >= 4 is 22.6 Å². The van der Waals surface area contributed by atoms with Crippen molar-refractivity contribution in [3.05, 3.63) is 47.9 Å². The maximum absolute atomic E-state index is 14.5. The number of benzene rings is 2. The number of carbonyl (C=O) groups is 1. The molecular formula is C18H16FN3O4. The second kappa shape index (κ2) is 6.55. The monoisotopic (exact) mass is 357 g/mol. The molecule has 7 nitrogen and oxygen atoms in total. The Kier molecular flexibility index (Phi) is 4.08. The third kappa shape index (κ3) is 3.01. The molecule has 1 aliphatic rings. The standard InChI is InChI=1S/C18H16FN3O4/c19-17-12(2-4-15-18(17)26-6-5-25-15)8-20-13-3-1-11-9-21-22(10-16(23)24)14(11)7-13/h1-4,7,9,20H,5-6,8,10H2,(H,23,24). The average molecular weight is 357 g/mol. The fraction of sp³-hybridized carbons (Fsp3) is 0.222. The fourth-order valence-electron chi connectivity index (χ4n) is 2.89. The number of nitrogens with zero attached hydrogens (tertiary/aromatic N) is 2. The lowest BCUT2D eigenvalue weighted by atomic mass is 10.1. The summed E-state index contributed by atoms with van der Waals surface area (Å²) in [6, 6.07) is 8.82. The van der Waals surface area contributed by atoms with Crippen molar-refractivity contribution in [2.45, 2.75) is 13.1 Å². The number of fused-ring (bicyclic) bond motifs is 2. The number of hydrogen-bond donors (Lipinski definition) is 2. The second-order valence-corrected chi connectivity index (χ2v) is 5.89. The Hall–Kier alpha value is -3.29. The van der Waals surface area contributed by atoms with E-state index in [1.54, 1.807) is 24.4 Å². The second-order valence-electron chi connectivity index (χ2n) is 5.89. The minimum atomic E-state index is -0.966. The Balaban J connectivity index is 1.55. The van der Waals surface area contributed by atoms with Crippen LogP contribution >= 0.6 is 0 Å². The van der Waals surface area contributed by atoms with E-state index >= 15 is 0 Å². The quantitative estimate of drug-likeness (QED) is 0.730. The molecule has 0 unspecified atom stereocenters. The van der Waals surface area contributed by atoms with Crippen LogP contribution in [0.4, 0.5) is 10.1 Å². The summed E-state index contributed by atoms with van der Waals surface area (Å²) in [7, 11) is 0. The van der Waals surface area contributed by atoms with E-state index in [1.807, 2.05) is 12.1 Å². The highest BCUT2D eigenvalue weighted by atomic mass is 19.1. The van der Waals surface area contributed by atoms with Gasteiger partial charge in [0, 0.05) is 23.2 Å². The third-order valence-corrected chi connectivity index (χ3v) is 4.14. The van der Waals surface area contributed by atoms with Gasteiger partial charge in [-0.05, 0) is 24.3 Å². The summed E-state index contributed by atoms with van der Waals surface area (Å²) >= 11 is 0. The van der Waals surface area contributed by atoms with Crippen molar-refractivity contribution in [1.82, 2.24) is 9.78 Å². The van der Waals surface area contributed by atoms with Gasteiger partial charge in [-0.15, -0.1) is 0 Å². The number of nitrogens with one attached hydrogen (secondary N) is 1. The van der Waals surface area contributed by atoms with E-state index < -0.39 is 11.8 Å². The molecule has 134 valence electrons. The Morgan fingerprint density at radius 1 is 1.27 bits per heavy atom. The highest BCUT2D eigenvalue weighted by Gasteiger charge is 2.19. The first kappa shape index (κ1) is 16.2. The Bertz CT molecular complexity index is 986. The Labute approximate surface area is 147 Å². The molecule has 2 N–H and O–H groups in total. The maximum Gasteiger partial charge on any atom is 0.325 e. The van der Waals surface area contributed by atoms with Gasteiger partial charge in [0.1, 0.15) is 19.8 Å². The molecule has 0 spiro atoms. The molecule has 8 heteroatoms. The van der Waals surface area contributed by atoms with Crippen LogP contribution in [0.2, 0.25) is 0 Å². The molecular weight excluding hydrogens is 341 g/mol. The van der Waals surface area contributed by atoms with Gasteiger partial charge in [-0.3, -0.25) is 9.48 Å². The SMILES string of the molecule is O=C(O)Cn1ncc2ccc(NCc3ccc4c(c3F)OCCO4)cc21. The molecule has 2 aromatic carbocycles. The first-order chi connectivity index (χ1) is 12.6. The molecule has 26 heavy (non-hydrogen) atoms. The van der Waals surface area contributed by atoms with E-state index in [0.717, 1.165) is 11.1 Å². The van der Waals surface area contributed by atoms with Gasteiger partial charge < -0.3 is 19.9 Å². The Morgan fingerprint density at radius 3 is 2.96 bits per heavy atom. The van der Waals surface area contributed by atoms with Crippen LogP contribution in [0, 0.1) is 5.82 Å². The predicted octanol–water partition coefficient (Wildman–Crippen LogP) is 2.64. The lowest BCUT2D eigenvalue weighted by molar-refractivity contribution is -0.137. The van der Waals surface area contributed by atoms with Crippen LogP contribution in [0.1, 0.15) is 5.56 Å². The van der Waals surface area contributed by atoms with E-state index in [1.165, 1.54) is 4.68 Å². The van der Waals surface area contributed by atoms with Gasteiger partial charge in [-0.25, -0.2) is 4.39 Å². The predicted molar refractivity (Wildman–Crippen MR) is 92.1 cm³/mol. The number of carboxylic acid groups (broad SMARTS) is 1. The number of rotatable bonds is 5. The van der Waals surface area contributed by atoms with Crippen LogP contribution in [0.3, 0.4) is 0 Å². The van der Waals surface area contributed by atoms with Gasteiger partial charge in [0.2, 0.25) is 0 Å². The minimum absolute atomic E-state index is 0.144. The smallest absolute Gasteiger partial charge is 0.325 e. The zero-order valence-electron chi connectivity index (χ0n) is 13.7. The molecule has 1 aromatic heterocycles. The number of anilines is 1. The van der Waals surface area contributed by atoms with Crippen LogP contribution in [0.15, 0.2) is 36.5 Å². The molecule has 0 amide bonds. The van der Waals surface area contributed by atoms with Crippen molar-refractivity contribution in [3.8, 4) is 11.5 Å². The molecule has 4 rings (SSSR count). The summed E-state index contributed by atoms with van der Waals surface area (Å²) in [5, 5.41) is 17.0. The number of halogens is 1. The van der Waals surface area contributed by atoms with E-state index in [4.69, 9.17) is 14.6 Å². The third-order valence-electron chi connectivity index (χ3n) is 4.14. The van der Waals surface area contributed by atoms with Crippen LogP contribution in [0.25, 0.3) is 10.9 Å². The van der Waals surface area contributed by atoms with Crippen LogP contribution in [-0.2, 0) is 17.9 Å². The lowest BCUT2D eigenvalue weighted by Crippen LogP contribution is -2.17. The summed E-state index contributed by atoms with van der Waals surface area (Å²) < 4.78 is 26.7. The number of aliphatic carboxylic acids is 1. The zero-order valence-corrected chi connectivity index (χ0v) is 13.7. The van der Waals surface area contributed by atoms with Crippen LogP contribution in [0.5, 0.6) is 11.5 Å². The number of carboxylic acids is 1. The largest absolute Gasteiger partial charge is 0.486 e. The Morgan fingerprint density at radius 2 is 2.12 bits per heavy atom. The van der Waals surface area contributed by atoms with Crippen LogP contribution < -0.4 is 14.8 Å². The molecule has 0 radical (unpaired) electrons. The van der Waals surface area contributed by atoms with Crippen molar-refractivity contribution in [2.75, 3.05) is 18.5 Å². The lowest BCUT2D eigenvalue weighted by Gasteiger charge is -2.20. The normalized spacial score (nSPS) is 13.0. The van der Waals surface area contributed by atoms with Crippen LogP contribution in [-0.4, -0.2) is 34.1 Å². The summed E-state index contributed by atoms with van der Waals surface area (Å²) in [4.78, 5) is 10.9. The molecule has 1 aliphatic heterocycles. The number of hydrogen-bond acceptors (Lipinski definition) is 5. The first-order valence-corrected chi connectivity index (χ1v) is 8.10. The van der Waals surface area contributed by atoms with Gasteiger partial charge in [0.15, 0.2) is 17.3 Å². The van der Waals surface area contributed by atoms with Gasteiger partial charge >= 0.3 is 5.97 Å². The topological polar surface area (TPSA) is 85.6 Å². The highest BCUT2D eigenvalue weighted by Crippen LogP contribution is 2.34. The van der Waals surface area contributed by atoms with Gasteiger partial charge in [-0.2, -0.15) is 5.10 Å². The molecule has 0 aliphatic carbocycles. The number of ether oxygens (including phenoxy) is 2. The average Bonchev–Trinajstić information content (AvgIpc) is 3.03. The molecule has 3 aromatic rings. The molecule has 0 bridgehead atoms. The van der Waals surface area contributed by atoms with Crippen molar-refractivity contribution in [1.29, 1.82) is 0 Å². The maximum atomic E-state index is 14.5. The highest BCUT2D eigenvalue weighted by molar-refractivity contribution is 5.83. The van der Waals surface area contributed by atoms with E-state index in [2.05, 4.69) is 10.4 Å². The molecule has 2 heterocycles. The van der Waals surface area contributed by atoms with E-state index in [-0.39, 0.29) is 18.8 Å². The van der Waals surface area contributed by atoms with E-state index in [9.17, 15) is 9.18 Å². The molecule has 0 atom stereocenters. The summed E-state index contributed by atoms with van der Waals surface area (Å²) in [6.07, 6.45) is 1.61. The summed E-state index contributed by atoms with van der Waals surface area (Å²) in [5.41, 5.74) is 1.88. The van der Waals surface area contributed by atoms with Gasteiger partial charge in [0.05, 0.1) is 11.7 Å². The number of aromatic nitrogens is 2. The minimum Gasteiger partial charge on any atom is -0.486 e. The summed E-state index contributed by atoms with van der Waals surface area (Å²) in [5.74, 6) is -0.847. The summed E-state index contributed by atoms with van der Waals surface area (Å²) in [6.45, 7) is 0.768. The van der Waals surface area contributed by atoms with Crippen molar-refractivity contribution in [2.24, 2.45) is 0 Å². The molecule has 0 fully saturated rings. The van der Waals surface area contributed by atoms with Gasteiger partial charge in [0.25, 0.3) is 0 Å². The van der Waals surface area contributed by atoms with Crippen molar-refractivity contribution in [3.63, 3.8) is 0 Å². The molecule has 0 saturated heterocycles. The fourth-order valence-corrected chi connectivity index (χ4v) is 2.89. The van der Waals surface area contributed by atoms with Gasteiger partial charge in [-0.1, -0.05) is 6.07 Å².